The van der Waals surface area contributed by atoms with Crippen molar-refractivity contribution in [3.63, 3.8) is 0 Å². The van der Waals surface area contributed by atoms with Crippen LogP contribution in [0.3, 0.4) is 0 Å². The normalized spacial score (nSPS) is 16.5. The van der Waals surface area contributed by atoms with Crippen LogP contribution < -0.4 is 5.32 Å². The monoisotopic (exact) mass is 357 g/mol. The molecule has 5 heteroatoms. The smallest absolute Gasteiger partial charge is 0.244 e. The van der Waals surface area contributed by atoms with Crippen molar-refractivity contribution in [3.05, 3.63) is 77.4 Å². The van der Waals surface area contributed by atoms with Crippen molar-refractivity contribution in [3.8, 4) is 0 Å². The summed E-state index contributed by atoms with van der Waals surface area (Å²) in [5, 5.41) is 2.90. The molecule has 1 fully saturated rings. The topological polar surface area (TPSA) is 38.3 Å². The van der Waals surface area contributed by atoms with E-state index in [2.05, 4.69) is 5.32 Å². The van der Waals surface area contributed by atoms with E-state index in [-0.39, 0.29) is 23.0 Å². The van der Waals surface area contributed by atoms with Gasteiger partial charge in [-0.3, -0.25) is 4.79 Å². The summed E-state index contributed by atoms with van der Waals surface area (Å²) in [6.07, 6.45) is 4.37. The third-order valence-corrected chi connectivity index (χ3v) is 4.76. The summed E-state index contributed by atoms with van der Waals surface area (Å²) in [5.74, 6) is -0.901. The molecule has 1 aliphatic heterocycles. The fourth-order valence-corrected chi connectivity index (χ4v) is 3.25. The van der Waals surface area contributed by atoms with Crippen LogP contribution in [0.4, 0.5) is 8.78 Å². The minimum Gasteiger partial charge on any atom is -0.381 e. The molecule has 2 aromatic rings. The van der Waals surface area contributed by atoms with Crippen LogP contribution in [0, 0.1) is 11.6 Å². The molecule has 2 aromatic carbocycles. The highest BCUT2D eigenvalue weighted by Crippen LogP contribution is 2.34. The number of rotatable bonds is 5. The predicted octanol–water partition coefficient (Wildman–Crippen LogP) is 3.84. The van der Waals surface area contributed by atoms with Crippen LogP contribution in [0.2, 0.25) is 0 Å². The lowest BCUT2D eigenvalue weighted by atomic mass is 9.74. The lowest BCUT2D eigenvalue weighted by Gasteiger charge is -2.37. The molecule has 0 aliphatic carbocycles. The molecule has 0 unspecified atom stereocenters. The van der Waals surface area contributed by atoms with E-state index in [1.807, 2.05) is 6.07 Å². The molecule has 0 bridgehead atoms. The van der Waals surface area contributed by atoms with Crippen molar-refractivity contribution in [2.45, 2.75) is 18.3 Å². The number of ether oxygens (including phenoxy) is 1. The van der Waals surface area contributed by atoms with Gasteiger partial charge in [-0.2, -0.15) is 0 Å². The highest BCUT2D eigenvalue weighted by Gasteiger charge is 2.34. The first kappa shape index (κ1) is 18.3. The van der Waals surface area contributed by atoms with E-state index in [0.717, 1.165) is 5.56 Å². The zero-order valence-corrected chi connectivity index (χ0v) is 14.4. The fraction of sp³-hybridized carbons (Fsp3) is 0.286. The molecule has 0 atom stereocenters. The van der Waals surface area contributed by atoms with E-state index in [1.165, 1.54) is 30.3 Å². The van der Waals surface area contributed by atoms with Gasteiger partial charge in [0.1, 0.15) is 11.6 Å². The van der Waals surface area contributed by atoms with E-state index in [9.17, 15) is 13.6 Å². The summed E-state index contributed by atoms with van der Waals surface area (Å²) in [7, 11) is 0. The van der Waals surface area contributed by atoms with Gasteiger partial charge in [0.2, 0.25) is 5.91 Å². The highest BCUT2D eigenvalue weighted by atomic mass is 19.1. The largest absolute Gasteiger partial charge is 0.381 e. The number of amides is 1. The Bertz CT molecular complexity index is 798. The zero-order valence-electron chi connectivity index (χ0n) is 14.4. The Morgan fingerprint density at radius 1 is 1.08 bits per heavy atom. The Labute approximate surface area is 151 Å². The highest BCUT2D eigenvalue weighted by molar-refractivity contribution is 5.91. The summed E-state index contributed by atoms with van der Waals surface area (Å²) in [6.45, 7) is 1.54. The van der Waals surface area contributed by atoms with Crippen LogP contribution >= 0.6 is 0 Å². The van der Waals surface area contributed by atoms with E-state index in [0.29, 0.717) is 38.2 Å². The first-order valence-corrected chi connectivity index (χ1v) is 8.63. The molecular formula is C21H21F2NO2. The summed E-state index contributed by atoms with van der Waals surface area (Å²) in [6, 6.07) is 12.5. The number of nitrogens with one attached hydrogen (secondary N) is 1. The zero-order chi connectivity index (χ0) is 18.4. The van der Waals surface area contributed by atoms with Gasteiger partial charge in [0.15, 0.2) is 0 Å². The maximum absolute atomic E-state index is 13.7. The van der Waals surface area contributed by atoms with E-state index in [4.69, 9.17) is 4.74 Å². The SMILES string of the molecule is O=C(/C=C/c1cccc(F)c1)NCC1(c2cccc(F)c2)CCOCC1. The van der Waals surface area contributed by atoms with Gasteiger partial charge < -0.3 is 10.1 Å². The summed E-state index contributed by atoms with van der Waals surface area (Å²) in [5.41, 5.74) is 1.14. The van der Waals surface area contributed by atoms with Gasteiger partial charge in [-0.05, 0) is 54.3 Å². The minimum atomic E-state index is -0.347. The number of hydrogen-bond donors (Lipinski definition) is 1. The molecule has 26 heavy (non-hydrogen) atoms. The number of carbonyl (C=O) groups is 1. The van der Waals surface area contributed by atoms with Crippen molar-refractivity contribution in [1.82, 2.24) is 5.32 Å². The van der Waals surface area contributed by atoms with Crippen LogP contribution in [0.15, 0.2) is 54.6 Å². The molecule has 0 aromatic heterocycles. The molecule has 0 saturated carbocycles. The lowest BCUT2D eigenvalue weighted by Crippen LogP contribution is -2.44. The summed E-state index contributed by atoms with van der Waals surface area (Å²) < 4.78 is 32.3. The first-order valence-electron chi connectivity index (χ1n) is 8.63. The Hall–Kier alpha value is -2.53. The molecule has 136 valence electrons. The van der Waals surface area contributed by atoms with Crippen LogP contribution in [-0.4, -0.2) is 25.7 Å². The number of benzene rings is 2. The van der Waals surface area contributed by atoms with Gasteiger partial charge in [0.25, 0.3) is 0 Å². The van der Waals surface area contributed by atoms with Gasteiger partial charge in [-0.15, -0.1) is 0 Å². The van der Waals surface area contributed by atoms with Crippen LogP contribution in [-0.2, 0) is 14.9 Å². The molecule has 0 radical (unpaired) electrons. The number of halogens is 2. The summed E-state index contributed by atoms with van der Waals surface area (Å²) in [4.78, 5) is 12.2. The van der Waals surface area contributed by atoms with Crippen molar-refractivity contribution in [2.24, 2.45) is 0 Å². The molecular weight excluding hydrogens is 336 g/mol. The predicted molar refractivity (Wildman–Crippen MR) is 96.6 cm³/mol. The van der Waals surface area contributed by atoms with Crippen molar-refractivity contribution < 1.29 is 18.3 Å². The average molecular weight is 357 g/mol. The first-order chi connectivity index (χ1) is 12.6. The van der Waals surface area contributed by atoms with Crippen molar-refractivity contribution in [2.75, 3.05) is 19.8 Å². The third kappa shape index (κ3) is 4.55. The van der Waals surface area contributed by atoms with Crippen LogP contribution in [0.5, 0.6) is 0 Å². The molecule has 1 heterocycles. The Morgan fingerprint density at radius 3 is 2.46 bits per heavy atom. The van der Waals surface area contributed by atoms with Gasteiger partial charge in [0, 0.05) is 31.2 Å². The van der Waals surface area contributed by atoms with Gasteiger partial charge in [0.05, 0.1) is 0 Å². The second-order valence-corrected chi connectivity index (χ2v) is 6.51. The molecule has 3 nitrogen and oxygen atoms in total. The maximum atomic E-state index is 13.7. The Balaban J connectivity index is 1.69. The van der Waals surface area contributed by atoms with Gasteiger partial charge in [-0.25, -0.2) is 8.78 Å². The molecule has 1 saturated heterocycles. The van der Waals surface area contributed by atoms with E-state index >= 15 is 0 Å². The van der Waals surface area contributed by atoms with Gasteiger partial charge in [-0.1, -0.05) is 24.3 Å². The van der Waals surface area contributed by atoms with E-state index < -0.39 is 0 Å². The minimum absolute atomic E-state index is 0.267. The van der Waals surface area contributed by atoms with Crippen molar-refractivity contribution in [1.29, 1.82) is 0 Å². The second kappa shape index (κ2) is 8.23. The number of carbonyl (C=O) groups excluding carboxylic acids is 1. The quantitative estimate of drug-likeness (QED) is 0.826. The molecule has 0 spiro atoms. The molecule has 3 rings (SSSR count). The Kier molecular flexibility index (Phi) is 5.78. The van der Waals surface area contributed by atoms with E-state index in [1.54, 1.807) is 24.3 Å². The number of hydrogen-bond acceptors (Lipinski definition) is 2. The Morgan fingerprint density at radius 2 is 1.77 bits per heavy atom. The standard InChI is InChI=1S/C21H21F2NO2/c22-18-5-1-3-16(13-18)7-8-20(25)24-15-21(9-11-26-12-10-21)17-4-2-6-19(23)14-17/h1-8,13-14H,9-12,15H2,(H,24,25)/b8-7+. The lowest BCUT2D eigenvalue weighted by molar-refractivity contribution is -0.116. The molecule has 1 aliphatic rings. The average Bonchev–Trinajstić information content (AvgIpc) is 2.65. The fourth-order valence-electron chi connectivity index (χ4n) is 3.25. The molecule has 1 N–H and O–H groups in total. The maximum Gasteiger partial charge on any atom is 0.244 e. The third-order valence-electron chi connectivity index (χ3n) is 4.76. The molecule has 1 amide bonds. The van der Waals surface area contributed by atoms with Gasteiger partial charge >= 0.3 is 0 Å². The second-order valence-electron chi connectivity index (χ2n) is 6.51. The van der Waals surface area contributed by atoms with Crippen LogP contribution in [0.1, 0.15) is 24.0 Å². The summed E-state index contributed by atoms with van der Waals surface area (Å²) >= 11 is 0. The van der Waals surface area contributed by atoms with Crippen LogP contribution in [0.25, 0.3) is 6.08 Å². The van der Waals surface area contributed by atoms with Crippen molar-refractivity contribution >= 4 is 12.0 Å².